The highest BCUT2D eigenvalue weighted by molar-refractivity contribution is 5.64. The summed E-state index contributed by atoms with van der Waals surface area (Å²) in [6, 6.07) is 9.30. The van der Waals surface area contributed by atoms with Crippen molar-refractivity contribution in [2.24, 2.45) is 0 Å². The van der Waals surface area contributed by atoms with E-state index in [-0.39, 0.29) is 10.6 Å². The lowest BCUT2D eigenvalue weighted by Crippen LogP contribution is -2.16. The van der Waals surface area contributed by atoms with Crippen LogP contribution in [0, 0.1) is 10.1 Å². The van der Waals surface area contributed by atoms with E-state index in [2.05, 4.69) is 29.6 Å². The molecule has 1 aromatic carbocycles. The van der Waals surface area contributed by atoms with Crippen molar-refractivity contribution in [3.63, 3.8) is 0 Å². The maximum absolute atomic E-state index is 10.9. The minimum absolute atomic E-state index is 0.149. The Morgan fingerprint density at radius 3 is 2.52 bits per heavy atom. The molecule has 1 aromatic heterocycles. The second-order valence-corrected chi connectivity index (χ2v) is 7.17. The van der Waals surface area contributed by atoms with Crippen molar-refractivity contribution in [1.82, 2.24) is 9.47 Å². The summed E-state index contributed by atoms with van der Waals surface area (Å²) in [5.74, 6) is 0. The fraction of sp³-hybridized carbons (Fsp3) is 0.500. The number of nitro benzene ring substituents is 1. The first-order chi connectivity index (χ1) is 12.1. The fourth-order valence-electron chi connectivity index (χ4n) is 3.74. The molecular weight excluding hydrogens is 314 g/mol. The molecule has 0 bridgehead atoms. The third-order valence-corrected chi connectivity index (χ3v) is 5.02. The highest BCUT2D eigenvalue weighted by Crippen LogP contribution is 2.31. The van der Waals surface area contributed by atoms with Gasteiger partial charge in [-0.25, -0.2) is 0 Å². The number of fused-ring (bicyclic) bond motifs is 1. The highest BCUT2D eigenvalue weighted by atomic mass is 16.6. The molecule has 0 amide bonds. The zero-order valence-corrected chi connectivity index (χ0v) is 15.2. The number of hydrogen-bond donors (Lipinski definition) is 0. The van der Waals surface area contributed by atoms with E-state index in [1.165, 1.54) is 36.2 Å². The van der Waals surface area contributed by atoms with Gasteiger partial charge in [0.25, 0.3) is 5.69 Å². The van der Waals surface area contributed by atoms with Gasteiger partial charge in [0.2, 0.25) is 0 Å². The van der Waals surface area contributed by atoms with Crippen LogP contribution in [-0.4, -0.2) is 35.0 Å². The maximum Gasteiger partial charge on any atom is 0.269 e. The lowest BCUT2D eigenvalue weighted by molar-refractivity contribution is -0.384. The predicted molar refractivity (Wildman–Crippen MR) is 101 cm³/mol. The predicted octanol–water partition coefficient (Wildman–Crippen LogP) is 4.28. The van der Waals surface area contributed by atoms with Crippen molar-refractivity contribution >= 4 is 5.69 Å². The van der Waals surface area contributed by atoms with Gasteiger partial charge in [-0.2, -0.15) is 0 Å². The summed E-state index contributed by atoms with van der Waals surface area (Å²) in [5.41, 5.74) is 5.38. The molecule has 0 aliphatic heterocycles. The Balaban J connectivity index is 1.94. The average molecular weight is 341 g/mol. The molecule has 0 fully saturated rings. The Labute approximate surface area is 149 Å². The zero-order chi connectivity index (χ0) is 17.8. The van der Waals surface area contributed by atoms with Gasteiger partial charge in [0.15, 0.2) is 0 Å². The van der Waals surface area contributed by atoms with Gasteiger partial charge in [-0.3, -0.25) is 10.1 Å². The van der Waals surface area contributed by atoms with E-state index in [9.17, 15) is 10.1 Å². The number of non-ortho nitro benzene ring substituents is 1. The summed E-state index contributed by atoms with van der Waals surface area (Å²) in [4.78, 5) is 12.8. The van der Waals surface area contributed by atoms with Gasteiger partial charge in [-0.05, 0) is 82.1 Å². The van der Waals surface area contributed by atoms with Crippen LogP contribution in [-0.2, 0) is 19.4 Å². The molecule has 0 atom stereocenters. The van der Waals surface area contributed by atoms with Crippen LogP contribution in [0.2, 0.25) is 0 Å². The van der Waals surface area contributed by atoms with Crippen LogP contribution in [0.4, 0.5) is 5.69 Å². The Bertz CT molecular complexity index is 732. The Kier molecular flexibility index (Phi) is 5.53. The first-order valence-corrected chi connectivity index (χ1v) is 9.17. The fourth-order valence-corrected chi connectivity index (χ4v) is 3.74. The van der Waals surface area contributed by atoms with Crippen LogP contribution in [0.25, 0.3) is 11.3 Å². The summed E-state index contributed by atoms with van der Waals surface area (Å²) >= 11 is 0. The van der Waals surface area contributed by atoms with Crippen LogP contribution in [0.3, 0.4) is 0 Å². The number of nitro groups is 1. The Morgan fingerprint density at radius 2 is 1.84 bits per heavy atom. The van der Waals surface area contributed by atoms with Gasteiger partial charge < -0.3 is 9.47 Å². The monoisotopic (exact) mass is 341 g/mol. The van der Waals surface area contributed by atoms with E-state index in [1.54, 1.807) is 12.1 Å². The molecule has 0 radical (unpaired) electrons. The third kappa shape index (κ3) is 4.10. The molecule has 0 spiro atoms. The molecule has 5 heteroatoms. The minimum atomic E-state index is -0.338. The van der Waals surface area contributed by atoms with Gasteiger partial charge in [0, 0.05) is 30.1 Å². The smallest absolute Gasteiger partial charge is 0.269 e. The van der Waals surface area contributed by atoms with Crippen LogP contribution in [0.5, 0.6) is 0 Å². The SMILES string of the molecule is CN(C)CCCn1c(-c2ccc([N+](=O)[O-])cc2)cc2c1CCCCC2. The molecule has 0 saturated heterocycles. The van der Waals surface area contributed by atoms with Gasteiger partial charge in [-0.1, -0.05) is 6.42 Å². The first-order valence-electron chi connectivity index (χ1n) is 9.17. The van der Waals surface area contributed by atoms with Crippen LogP contribution in [0.1, 0.15) is 36.9 Å². The van der Waals surface area contributed by atoms with Crippen molar-refractivity contribution in [1.29, 1.82) is 0 Å². The molecule has 0 N–H and O–H groups in total. The number of aryl methyl sites for hydroxylation is 1. The van der Waals surface area contributed by atoms with Crippen LogP contribution >= 0.6 is 0 Å². The van der Waals surface area contributed by atoms with Crippen molar-refractivity contribution in [3.8, 4) is 11.3 Å². The lowest BCUT2D eigenvalue weighted by atomic mass is 10.1. The second kappa shape index (κ2) is 7.83. The van der Waals surface area contributed by atoms with E-state index in [4.69, 9.17) is 0 Å². The van der Waals surface area contributed by atoms with E-state index < -0.39 is 0 Å². The summed E-state index contributed by atoms with van der Waals surface area (Å²) < 4.78 is 2.46. The van der Waals surface area contributed by atoms with Crippen molar-refractivity contribution in [2.45, 2.75) is 45.1 Å². The van der Waals surface area contributed by atoms with E-state index in [1.807, 2.05) is 12.1 Å². The first kappa shape index (κ1) is 17.7. The minimum Gasteiger partial charge on any atom is -0.344 e. The van der Waals surface area contributed by atoms with Gasteiger partial charge in [-0.15, -0.1) is 0 Å². The van der Waals surface area contributed by atoms with E-state index >= 15 is 0 Å². The lowest BCUT2D eigenvalue weighted by Gasteiger charge is -2.16. The molecule has 5 nitrogen and oxygen atoms in total. The molecule has 1 aliphatic rings. The van der Waals surface area contributed by atoms with E-state index in [0.717, 1.165) is 37.9 Å². The quantitative estimate of drug-likeness (QED) is 0.447. The maximum atomic E-state index is 10.9. The standard InChI is InChI=1S/C20H27N3O2/c1-21(2)13-6-14-22-19-8-5-3-4-7-17(19)15-20(22)16-9-11-18(12-10-16)23(24)25/h9-12,15H,3-8,13-14H2,1-2H3. The second-order valence-electron chi connectivity index (χ2n) is 7.17. The average Bonchev–Trinajstić information content (AvgIpc) is 2.77. The molecular formula is C20H27N3O2. The van der Waals surface area contributed by atoms with Crippen molar-refractivity contribution < 1.29 is 4.92 Å². The molecule has 2 aromatic rings. The van der Waals surface area contributed by atoms with Crippen LogP contribution in [0.15, 0.2) is 30.3 Å². The largest absolute Gasteiger partial charge is 0.344 e. The summed E-state index contributed by atoms with van der Waals surface area (Å²) in [6.45, 7) is 2.06. The molecule has 0 unspecified atom stereocenters. The molecule has 1 aliphatic carbocycles. The van der Waals surface area contributed by atoms with Crippen LogP contribution < -0.4 is 0 Å². The van der Waals surface area contributed by atoms with Crippen molar-refractivity contribution in [2.75, 3.05) is 20.6 Å². The normalized spacial score (nSPS) is 14.4. The Morgan fingerprint density at radius 1 is 1.12 bits per heavy atom. The summed E-state index contributed by atoms with van der Waals surface area (Å²) in [5, 5.41) is 10.9. The molecule has 1 heterocycles. The molecule has 3 rings (SSSR count). The third-order valence-electron chi connectivity index (χ3n) is 5.02. The summed E-state index contributed by atoms with van der Waals surface area (Å²) in [7, 11) is 4.21. The molecule has 0 saturated carbocycles. The number of hydrogen-bond acceptors (Lipinski definition) is 3. The van der Waals surface area contributed by atoms with Gasteiger partial charge in [0.1, 0.15) is 0 Å². The molecule has 134 valence electrons. The topological polar surface area (TPSA) is 51.3 Å². The molecule has 25 heavy (non-hydrogen) atoms. The number of benzene rings is 1. The van der Waals surface area contributed by atoms with Crippen molar-refractivity contribution in [3.05, 3.63) is 51.7 Å². The number of nitrogens with zero attached hydrogens (tertiary/aromatic N) is 3. The zero-order valence-electron chi connectivity index (χ0n) is 15.2. The number of rotatable bonds is 6. The van der Waals surface area contributed by atoms with Gasteiger partial charge >= 0.3 is 0 Å². The van der Waals surface area contributed by atoms with Gasteiger partial charge in [0.05, 0.1) is 4.92 Å². The Hall–Kier alpha value is -2.14. The number of aromatic nitrogens is 1. The summed E-state index contributed by atoms with van der Waals surface area (Å²) in [6.07, 6.45) is 7.21. The highest BCUT2D eigenvalue weighted by Gasteiger charge is 2.18. The van der Waals surface area contributed by atoms with E-state index in [0.29, 0.717) is 0 Å².